The molecule has 0 saturated carbocycles. The number of ketones is 1. The van der Waals surface area contributed by atoms with Gasteiger partial charge in [-0.25, -0.2) is 0 Å². The maximum atomic E-state index is 12.5. The van der Waals surface area contributed by atoms with E-state index in [1.54, 1.807) is 0 Å². The minimum Gasteiger partial charge on any atom is -0.356 e. The lowest BCUT2D eigenvalue weighted by atomic mass is 9.95. The number of likely N-dealkylation sites (tertiary alicyclic amines) is 1. The third-order valence-corrected chi connectivity index (χ3v) is 6.28. The number of piperidine rings is 1. The monoisotopic (exact) mass is 398 g/mol. The summed E-state index contributed by atoms with van der Waals surface area (Å²) in [5, 5.41) is 3.02. The minimum absolute atomic E-state index is 0.00808. The average molecular weight is 399 g/mol. The summed E-state index contributed by atoms with van der Waals surface area (Å²) in [7, 11) is 0. The zero-order chi connectivity index (χ0) is 20.6. The molecule has 1 aliphatic carbocycles. The summed E-state index contributed by atoms with van der Waals surface area (Å²) in [6.07, 6.45) is 8.57. The first-order valence-corrected chi connectivity index (χ1v) is 11.3. The van der Waals surface area contributed by atoms with E-state index in [9.17, 15) is 14.4 Å². The van der Waals surface area contributed by atoms with E-state index < -0.39 is 0 Å². The van der Waals surface area contributed by atoms with Crippen LogP contribution in [0, 0.1) is 5.92 Å². The molecule has 1 aliphatic heterocycles. The van der Waals surface area contributed by atoms with Gasteiger partial charge in [0.05, 0.1) is 0 Å². The highest BCUT2D eigenvalue weighted by Gasteiger charge is 2.27. The van der Waals surface area contributed by atoms with E-state index >= 15 is 0 Å². The molecule has 29 heavy (non-hydrogen) atoms. The Bertz CT molecular complexity index is 736. The molecule has 0 aromatic heterocycles. The lowest BCUT2D eigenvalue weighted by molar-refractivity contribution is -0.135. The molecule has 0 unspecified atom stereocenters. The molecule has 0 radical (unpaired) electrons. The van der Waals surface area contributed by atoms with Crippen LogP contribution in [0.3, 0.4) is 0 Å². The number of aryl methyl sites for hydroxylation is 2. The quantitative estimate of drug-likeness (QED) is 0.510. The summed E-state index contributed by atoms with van der Waals surface area (Å²) in [4.78, 5) is 39.1. The summed E-state index contributed by atoms with van der Waals surface area (Å²) in [5.41, 5.74) is 3.38. The molecule has 1 N–H and O–H groups in total. The Kier molecular flexibility index (Phi) is 7.84. The fourth-order valence-corrected chi connectivity index (χ4v) is 4.39. The SMILES string of the molecule is CCCCCNC(=O)C1CCN(C(=O)CCC(=O)c2ccc3c(c2)CCC3)CC1. The molecule has 158 valence electrons. The summed E-state index contributed by atoms with van der Waals surface area (Å²) in [5.74, 6) is 0.212. The fraction of sp³-hybridized carbons (Fsp3) is 0.625. The molecule has 1 saturated heterocycles. The van der Waals surface area contributed by atoms with Crippen LogP contribution in [0.4, 0.5) is 0 Å². The number of nitrogens with zero attached hydrogens (tertiary/aromatic N) is 1. The standard InChI is InChI=1S/C24H34N2O3/c1-2-3-4-14-25-24(29)19-12-15-26(16-13-19)23(28)11-10-22(27)21-9-8-18-6-5-7-20(18)17-21/h8-9,17,19H,2-7,10-16H2,1H3,(H,25,29). The van der Waals surface area contributed by atoms with Crippen LogP contribution in [-0.2, 0) is 22.4 Å². The molecule has 0 atom stereocenters. The van der Waals surface area contributed by atoms with Crippen molar-refractivity contribution < 1.29 is 14.4 Å². The second-order valence-corrected chi connectivity index (χ2v) is 8.41. The second kappa shape index (κ2) is 10.6. The number of fused-ring (bicyclic) bond motifs is 1. The number of amides is 2. The van der Waals surface area contributed by atoms with Crippen LogP contribution in [0.15, 0.2) is 18.2 Å². The maximum Gasteiger partial charge on any atom is 0.223 e. The van der Waals surface area contributed by atoms with Crippen LogP contribution >= 0.6 is 0 Å². The van der Waals surface area contributed by atoms with Gasteiger partial charge >= 0.3 is 0 Å². The van der Waals surface area contributed by atoms with Gasteiger partial charge in [0.15, 0.2) is 5.78 Å². The van der Waals surface area contributed by atoms with Crippen LogP contribution in [0.25, 0.3) is 0 Å². The molecule has 3 rings (SSSR count). The molecular formula is C24H34N2O3. The highest BCUT2D eigenvalue weighted by Crippen LogP contribution is 2.24. The van der Waals surface area contributed by atoms with Crippen molar-refractivity contribution in [1.82, 2.24) is 10.2 Å². The van der Waals surface area contributed by atoms with Gasteiger partial charge < -0.3 is 10.2 Å². The molecular weight excluding hydrogens is 364 g/mol. The molecule has 0 bridgehead atoms. The van der Waals surface area contributed by atoms with Crippen molar-refractivity contribution in [2.45, 2.75) is 71.1 Å². The Morgan fingerprint density at radius 2 is 1.79 bits per heavy atom. The number of unbranched alkanes of at least 4 members (excludes halogenated alkanes) is 2. The number of rotatable bonds is 9. The van der Waals surface area contributed by atoms with Crippen molar-refractivity contribution in [3.63, 3.8) is 0 Å². The third kappa shape index (κ3) is 5.91. The van der Waals surface area contributed by atoms with Crippen LogP contribution < -0.4 is 5.32 Å². The predicted molar refractivity (Wildman–Crippen MR) is 114 cm³/mol. The Morgan fingerprint density at radius 3 is 2.55 bits per heavy atom. The predicted octanol–water partition coefficient (Wildman–Crippen LogP) is 3.68. The number of carbonyl (C=O) groups is 3. The average Bonchev–Trinajstić information content (AvgIpc) is 3.22. The second-order valence-electron chi connectivity index (χ2n) is 8.41. The molecule has 2 aliphatic rings. The first-order chi connectivity index (χ1) is 14.1. The van der Waals surface area contributed by atoms with E-state index in [1.807, 2.05) is 17.0 Å². The van der Waals surface area contributed by atoms with E-state index in [2.05, 4.69) is 18.3 Å². The van der Waals surface area contributed by atoms with E-state index in [-0.39, 0.29) is 36.4 Å². The van der Waals surface area contributed by atoms with E-state index in [0.717, 1.165) is 50.6 Å². The van der Waals surface area contributed by atoms with Crippen molar-refractivity contribution in [3.05, 3.63) is 34.9 Å². The van der Waals surface area contributed by atoms with Gasteiger partial charge in [0.25, 0.3) is 0 Å². The van der Waals surface area contributed by atoms with Gasteiger partial charge in [0.1, 0.15) is 0 Å². The number of hydrogen-bond acceptors (Lipinski definition) is 3. The third-order valence-electron chi connectivity index (χ3n) is 6.28. The number of carbonyl (C=O) groups excluding carboxylic acids is 3. The normalized spacial score (nSPS) is 16.5. The Morgan fingerprint density at radius 1 is 1.03 bits per heavy atom. The molecule has 5 nitrogen and oxygen atoms in total. The molecule has 1 fully saturated rings. The minimum atomic E-state index is 0.00808. The zero-order valence-corrected chi connectivity index (χ0v) is 17.7. The lowest BCUT2D eigenvalue weighted by Gasteiger charge is -2.31. The molecule has 1 aromatic rings. The van der Waals surface area contributed by atoms with Gasteiger partial charge in [-0.1, -0.05) is 31.9 Å². The summed E-state index contributed by atoms with van der Waals surface area (Å²) >= 11 is 0. The van der Waals surface area contributed by atoms with Gasteiger partial charge in [-0.15, -0.1) is 0 Å². The van der Waals surface area contributed by atoms with Crippen LogP contribution in [0.1, 0.15) is 79.8 Å². The molecule has 1 aromatic carbocycles. The van der Waals surface area contributed by atoms with E-state index in [4.69, 9.17) is 0 Å². The van der Waals surface area contributed by atoms with Gasteiger partial charge in [-0.2, -0.15) is 0 Å². The van der Waals surface area contributed by atoms with Crippen molar-refractivity contribution in [1.29, 1.82) is 0 Å². The van der Waals surface area contributed by atoms with Gasteiger partial charge in [-0.05, 0) is 55.7 Å². The van der Waals surface area contributed by atoms with Crippen molar-refractivity contribution in [2.75, 3.05) is 19.6 Å². The first-order valence-electron chi connectivity index (χ1n) is 11.3. The molecule has 5 heteroatoms. The van der Waals surface area contributed by atoms with E-state index in [0.29, 0.717) is 25.9 Å². The van der Waals surface area contributed by atoms with Crippen LogP contribution in [0.2, 0.25) is 0 Å². The summed E-state index contributed by atoms with van der Waals surface area (Å²) < 4.78 is 0. The van der Waals surface area contributed by atoms with Crippen LogP contribution in [0.5, 0.6) is 0 Å². The van der Waals surface area contributed by atoms with Gasteiger partial charge in [0.2, 0.25) is 11.8 Å². The largest absolute Gasteiger partial charge is 0.356 e. The number of benzene rings is 1. The Hall–Kier alpha value is -2.17. The highest BCUT2D eigenvalue weighted by atomic mass is 16.2. The zero-order valence-electron chi connectivity index (χ0n) is 17.7. The molecule has 2 amide bonds. The van der Waals surface area contributed by atoms with Gasteiger partial charge in [0, 0.05) is 44.0 Å². The van der Waals surface area contributed by atoms with Crippen molar-refractivity contribution in [3.8, 4) is 0 Å². The van der Waals surface area contributed by atoms with Crippen LogP contribution in [-0.4, -0.2) is 42.1 Å². The first kappa shape index (κ1) is 21.5. The lowest BCUT2D eigenvalue weighted by Crippen LogP contribution is -2.43. The number of Topliss-reactive ketones (excluding diaryl/α,β-unsaturated/α-hetero) is 1. The van der Waals surface area contributed by atoms with Crippen molar-refractivity contribution >= 4 is 17.6 Å². The topological polar surface area (TPSA) is 66.5 Å². The molecule has 1 heterocycles. The number of hydrogen-bond donors (Lipinski definition) is 1. The maximum absolute atomic E-state index is 12.5. The summed E-state index contributed by atoms with van der Waals surface area (Å²) in [6.45, 7) is 4.11. The van der Waals surface area contributed by atoms with E-state index in [1.165, 1.54) is 11.1 Å². The van der Waals surface area contributed by atoms with Crippen molar-refractivity contribution in [2.24, 2.45) is 5.92 Å². The summed E-state index contributed by atoms with van der Waals surface area (Å²) in [6, 6.07) is 5.98. The van der Waals surface area contributed by atoms with Gasteiger partial charge in [-0.3, -0.25) is 14.4 Å². The molecule has 0 spiro atoms. The Balaban J connectivity index is 1.38. The Labute approximate surface area is 174 Å². The fourth-order valence-electron chi connectivity index (χ4n) is 4.39. The smallest absolute Gasteiger partial charge is 0.223 e. The highest BCUT2D eigenvalue weighted by molar-refractivity contribution is 5.98. The number of nitrogens with one attached hydrogen (secondary N) is 1.